The highest BCUT2D eigenvalue weighted by Crippen LogP contribution is 2.31. The van der Waals surface area contributed by atoms with Crippen LogP contribution in [0.25, 0.3) is 11.3 Å². The van der Waals surface area contributed by atoms with Crippen LogP contribution >= 0.6 is 23.2 Å². The number of aromatic nitrogens is 2. The third-order valence-corrected chi connectivity index (χ3v) is 7.89. The van der Waals surface area contributed by atoms with Gasteiger partial charge in [-0.05, 0) is 67.3 Å². The van der Waals surface area contributed by atoms with Crippen LogP contribution in [0.15, 0.2) is 48.8 Å². The molecule has 0 atom stereocenters. The first-order chi connectivity index (χ1) is 14.2. The maximum Gasteiger partial charge on any atom is 0.194 e. The lowest BCUT2D eigenvalue weighted by Crippen LogP contribution is -2.22. The van der Waals surface area contributed by atoms with E-state index in [1.165, 1.54) is 0 Å². The summed E-state index contributed by atoms with van der Waals surface area (Å²) in [6, 6.07) is 10.6. The predicted octanol–water partition coefficient (Wildman–Crippen LogP) is 4.97. The Hall–Kier alpha value is -2.15. The molecule has 156 valence electrons. The molecule has 0 N–H and O–H groups in total. The maximum absolute atomic E-state index is 13.0. The van der Waals surface area contributed by atoms with E-state index in [0.29, 0.717) is 28.6 Å². The quantitative estimate of drug-likeness (QED) is 0.464. The largest absolute Gasteiger partial charge is 0.333 e. The first kappa shape index (κ1) is 21.1. The standard InChI is InChI=1S/C22H20Cl2N2O3S/c1-14-8-15(11-25-10-14)20-6-7-21(22(27)13-30(28,29)18-3-4-18)26(20)12-16-9-17(23)2-5-19(16)24/h2,5-11,18H,3-4,12-13H2,1H3. The molecule has 1 saturated carbocycles. The van der Waals surface area contributed by atoms with E-state index < -0.39 is 21.4 Å². The molecule has 5 nitrogen and oxygen atoms in total. The number of hydrogen-bond donors (Lipinski definition) is 0. The van der Waals surface area contributed by atoms with Crippen LogP contribution < -0.4 is 0 Å². The molecule has 1 aromatic carbocycles. The summed E-state index contributed by atoms with van der Waals surface area (Å²) in [5.74, 6) is -0.914. The van der Waals surface area contributed by atoms with Gasteiger partial charge in [0.15, 0.2) is 15.6 Å². The number of sulfone groups is 1. The van der Waals surface area contributed by atoms with Crippen molar-refractivity contribution in [1.82, 2.24) is 9.55 Å². The van der Waals surface area contributed by atoms with Gasteiger partial charge in [0, 0.05) is 34.5 Å². The summed E-state index contributed by atoms with van der Waals surface area (Å²) in [5, 5.41) is 0.669. The van der Waals surface area contributed by atoms with Crippen LogP contribution in [0.3, 0.4) is 0 Å². The zero-order valence-electron chi connectivity index (χ0n) is 16.3. The normalized spacial score (nSPS) is 14.1. The number of rotatable bonds is 7. The number of hydrogen-bond acceptors (Lipinski definition) is 4. The van der Waals surface area contributed by atoms with Crippen LogP contribution in [0.5, 0.6) is 0 Å². The molecule has 0 bridgehead atoms. The van der Waals surface area contributed by atoms with Crippen molar-refractivity contribution in [3.63, 3.8) is 0 Å². The number of benzene rings is 1. The van der Waals surface area contributed by atoms with E-state index in [-0.39, 0.29) is 11.8 Å². The number of halogens is 2. The molecule has 0 aliphatic heterocycles. The minimum atomic E-state index is -3.42. The zero-order chi connectivity index (χ0) is 21.5. The fraction of sp³-hybridized carbons (Fsp3) is 0.273. The number of ketones is 1. The number of carbonyl (C=O) groups excluding carboxylic acids is 1. The average Bonchev–Trinajstić information content (AvgIpc) is 3.46. The number of nitrogens with zero attached hydrogens (tertiary/aromatic N) is 2. The minimum absolute atomic E-state index is 0.278. The van der Waals surface area contributed by atoms with Crippen molar-refractivity contribution in [2.75, 3.05) is 5.75 Å². The predicted molar refractivity (Wildman–Crippen MR) is 119 cm³/mol. The molecule has 0 amide bonds. The number of Topliss-reactive ketones (excluding diaryl/α,β-unsaturated/α-hetero) is 1. The highest BCUT2D eigenvalue weighted by Gasteiger charge is 2.37. The van der Waals surface area contributed by atoms with Crippen LogP contribution in [-0.4, -0.2) is 34.8 Å². The molecule has 1 aliphatic carbocycles. The van der Waals surface area contributed by atoms with Gasteiger partial charge in [-0.1, -0.05) is 23.2 Å². The Morgan fingerprint density at radius 2 is 1.90 bits per heavy atom. The molecule has 4 rings (SSSR count). The first-order valence-electron chi connectivity index (χ1n) is 9.55. The van der Waals surface area contributed by atoms with E-state index in [1.807, 2.05) is 19.1 Å². The fourth-order valence-electron chi connectivity index (χ4n) is 3.46. The molecule has 1 aliphatic rings. The van der Waals surface area contributed by atoms with E-state index in [9.17, 15) is 13.2 Å². The minimum Gasteiger partial charge on any atom is -0.333 e. The van der Waals surface area contributed by atoms with Gasteiger partial charge in [-0.2, -0.15) is 0 Å². The molecule has 1 fully saturated rings. The van der Waals surface area contributed by atoms with Crippen LogP contribution in [0.4, 0.5) is 0 Å². The third-order valence-electron chi connectivity index (χ3n) is 5.14. The van der Waals surface area contributed by atoms with Gasteiger partial charge in [-0.3, -0.25) is 9.78 Å². The van der Waals surface area contributed by atoms with Crippen molar-refractivity contribution >= 4 is 38.8 Å². The molecule has 0 saturated heterocycles. The van der Waals surface area contributed by atoms with Gasteiger partial charge in [0.1, 0.15) is 5.75 Å². The highest BCUT2D eigenvalue weighted by molar-refractivity contribution is 7.93. The molecule has 0 radical (unpaired) electrons. The van der Waals surface area contributed by atoms with Gasteiger partial charge in [0.2, 0.25) is 0 Å². The van der Waals surface area contributed by atoms with Crippen LogP contribution in [0.2, 0.25) is 10.0 Å². The topological polar surface area (TPSA) is 69.0 Å². The summed E-state index contributed by atoms with van der Waals surface area (Å²) in [6.45, 7) is 2.21. The maximum atomic E-state index is 13.0. The van der Waals surface area contributed by atoms with Gasteiger partial charge >= 0.3 is 0 Å². The summed E-state index contributed by atoms with van der Waals surface area (Å²) in [5.41, 5.74) is 3.63. The monoisotopic (exact) mass is 462 g/mol. The lowest BCUT2D eigenvalue weighted by atomic mass is 10.1. The lowest BCUT2D eigenvalue weighted by molar-refractivity contribution is 0.101. The van der Waals surface area contributed by atoms with Crippen molar-refractivity contribution < 1.29 is 13.2 Å². The van der Waals surface area contributed by atoms with E-state index in [0.717, 1.165) is 22.4 Å². The van der Waals surface area contributed by atoms with Crippen molar-refractivity contribution in [3.8, 4) is 11.3 Å². The molecular weight excluding hydrogens is 443 g/mol. The molecule has 30 heavy (non-hydrogen) atoms. The molecule has 2 heterocycles. The fourth-order valence-corrected chi connectivity index (χ4v) is 5.44. The van der Waals surface area contributed by atoms with Gasteiger partial charge in [0.05, 0.1) is 16.6 Å². The number of aryl methyl sites for hydroxylation is 1. The van der Waals surface area contributed by atoms with Crippen molar-refractivity contribution in [1.29, 1.82) is 0 Å². The Balaban J connectivity index is 1.78. The van der Waals surface area contributed by atoms with E-state index in [2.05, 4.69) is 4.98 Å². The number of pyridine rings is 1. The summed E-state index contributed by atoms with van der Waals surface area (Å²) < 4.78 is 26.6. The Labute approximate surface area is 185 Å². The van der Waals surface area contributed by atoms with Crippen molar-refractivity contribution in [3.05, 3.63) is 75.7 Å². The van der Waals surface area contributed by atoms with Crippen molar-refractivity contribution in [2.24, 2.45) is 0 Å². The van der Waals surface area contributed by atoms with Crippen LogP contribution in [-0.2, 0) is 16.4 Å². The second-order valence-corrected chi connectivity index (χ2v) is 10.7. The molecular formula is C22H20Cl2N2O3S. The van der Waals surface area contributed by atoms with Gasteiger partial charge < -0.3 is 4.57 Å². The Bertz CT molecular complexity index is 1230. The Morgan fingerprint density at radius 3 is 2.60 bits per heavy atom. The zero-order valence-corrected chi connectivity index (χ0v) is 18.6. The summed E-state index contributed by atoms with van der Waals surface area (Å²) in [4.78, 5) is 17.2. The molecule has 2 aromatic heterocycles. The van der Waals surface area contributed by atoms with E-state index in [4.69, 9.17) is 23.2 Å². The Morgan fingerprint density at radius 1 is 1.13 bits per heavy atom. The lowest BCUT2D eigenvalue weighted by Gasteiger charge is -2.15. The smallest absolute Gasteiger partial charge is 0.194 e. The summed E-state index contributed by atoms with van der Waals surface area (Å²) in [7, 11) is -3.42. The summed E-state index contributed by atoms with van der Waals surface area (Å²) >= 11 is 12.5. The SMILES string of the molecule is Cc1cncc(-c2ccc(C(=O)CS(=O)(=O)C3CC3)n2Cc2cc(Cl)ccc2Cl)c1. The molecule has 3 aromatic rings. The van der Waals surface area contributed by atoms with Gasteiger partial charge in [0.25, 0.3) is 0 Å². The third kappa shape index (κ3) is 4.46. The first-order valence-corrected chi connectivity index (χ1v) is 12.0. The molecule has 0 spiro atoms. The average molecular weight is 463 g/mol. The van der Waals surface area contributed by atoms with Crippen LogP contribution in [0.1, 0.15) is 34.5 Å². The van der Waals surface area contributed by atoms with Crippen LogP contribution in [0, 0.1) is 6.92 Å². The number of carbonyl (C=O) groups is 1. The molecule has 0 unspecified atom stereocenters. The highest BCUT2D eigenvalue weighted by atomic mass is 35.5. The van der Waals surface area contributed by atoms with Gasteiger partial charge in [-0.25, -0.2) is 8.42 Å². The van der Waals surface area contributed by atoms with Gasteiger partial charge in [-0.15, -0.1) is 0 Å². The summed E-state index contributed by atoms with van der Waals surface area (Å²) in [6.07, 6.45) is 4.73. The molecule has 8 heteroatoms. The second kappa shape index (κ2) is 8.17. The second-order valence-electron chi connectivity index (χ2n) is 7.61. The Kier molecular flexibility index (Phi) is 5.75. The van der Waals surface area contributed by atoms with E-state index in [1.54, 1.807) is 41.2 Å². The van der Waals surface area contributed by atoms with E-state index >= 15 is 0 Å². The van der Waals surface area contributed by atoms with Crippen molar-refractivity contribution in [2.45, 2.75) is 31.6 Å².